The number of primary amides is 1. The molecule has 2 unspecified atom stereocenters. The van der Waals surface area contributed by atoms with Crippen molar-refractivity contribution in [1.29, 1.82) is 0 Å². The number of nitrogens with two attached hydrogens (primary N) is 1. The molecule has 0 saturated carbocycles. The number of carbonyl (C=O) groups excluding carboxylic acids is 1. The van der Waals surface area contributed by atoms with Gasteiger partial charge in [0, 0.05) is 18.0 Å². The van der Waals surface area contributed by atoms with Gasteiger partial charge < -0.3 is 16.2 Å². The van der Waals surface area contributed by atoms with Gasteiger partial charge in [0.1, 0.15) is 0 Å². The second-order valence-corrected chi connectivity index (χ2v) is 4.11. The topological polar surface area (TPSA) is 75.4 Å². The minimum atomic E-state index is -0.470. The van der Waals surface area contributed by atoms with Crippen LogP contribution in [0.2, 0.25) is 0 Å². The summed E-state index contributed by atoms with van der Waals surface area (Å²) in [7, 11) is 0. The van der Waals surface area contributed by atoms with Gasteiger partial charge >= 0.3 is 0 Å². The van der Waals surface area contributed by atoms with Crippen molar-refractivity contribution in [1.82, 2.24) is 5.32 Å². The Labute approximate surface area is 79.5 Å². The Morgan fingerprint density at radius 3 is 2.31 bits per heavy atom. The van der Waals surface area contributed by atoms with E-state index in [1.807, 2.05) is 20.8 Å². The van der Waals surface area contributed by atoms with Crippen LogP contribution in [0, 0.1) is 0 Å². The first-order valence-corrected chi connectivity index (χ1v) is 4.49. The molecular weight excluding hydrogens is 168 g/mol. The van der Waals surface area contributed by atoms with Crippen LogP contribution in [0.15, 0.2) is 0 Å². The summed E-state index contributed by atoms with van der Waals surface area (Å²) < 4.78 is 0. The zero-order valence-electron chi connectivity index (χ0n) is 8.79. The van der Waals surface area contributed by atoms with Gasteiger partial charge in [0.2, 0.25) is 5.91 Å². The molecule has 0 bridgehead atoms. The Bertz CT molecular complexity index is 178. The fourth-order valence-electron chi connectivity index (χ4n) is 1.11. The summed E-state index contributed by atoms with van der Waals surface area (Å²) in [5, 5.41) is 12.5. The van der Waals surface area contributed by atoms with Crippen LogP contribution < -0.4 is 11.1 Å². The van der Waals surface area contributed by atoms with Gasteiger partial charge in [0.15, 0.2) is 0 Å². The highest BCUT2D eigenvalue weighted by Crippen LogP contribution is 2.10. The summed E-state index contributed by atoms with van der Waals surface area (Å²) in [5.74, 6) is -0.332. The van der Waals surface area contributed by atoms with E-state index in [0.29, 0.717) is 0 Å². The molecule has 4 nitrogen and oxygen atoms in total. The SMILES string of the molecule is CC(CC(N)=O)NC(C)(C)C(C)O. The minimum absolute atomic E-state index is 0.0119. The summed E-state index contributed by atoms with van der Waals surface area (Å²) in [5.41, 5.74) is 4.65. The lowest BCUT2D eigenvalue weighted by atomic mass is 9.97. The second kappa shape index (κ2) is 4.58. The highest BCUT2D eigenvalue weighted by Gasteiger charge is 2.25. The van der Waals surface area contributed by atoms with Crippen molar-refractivity contribution in [2.75, 3.05) is 0 Å². The van der Waals surface area contributed by atoms with E-state index >= 15 is 0 Å². The van der Waals surface area contributed by atoms with Crippen LogP contribution in [-0.2, 0) is 4.79 Å². The van der Waals surface area contributed by atoms with E-state index in [1.165, 1.54) is 0 Å². The maximum atomic E-state index is 10.6. The number of hydrogen-bond acceptors (Lipinski definition) is 3. The smallest absolute Gasteiger partial charge is 0.218 e. The van der Waals surface area contributed by atoms with Crippen molar-refractivity contribution in [3.63, 3.8) is 0 Å². The molecule has 0 fully saturated rings. The average Bonchev–Trinajstić information content (AvgIpc) is 1.82. The maximum Gasteiger partial charge on any atom is 0.218 e. The Hall–Kier alpha value is -0.610. The molecule has 13 heavy (non-hydrogen) atoms. The van der Waals surface area contributed by atoms with E-state index in [-0.39, 0.29) is 18.4 Å². The van der Waals surface area contributed by atoms with Crippen molar-refractivity contribution in [3.8, 4) is 0 Å². The van der Waals surface area contributed by atoms with Gasteiger partial charge in [0.25, 0.3) is 0 Å². The number of aliphatic hydroxyl groups excluding tert-OH is 1. The maximum absolute atomic E-state index is 10.6. The highest BCUT2D eigenvalue weighted by atomic mass is 16.3. The molecule has 0 aliphatic carbocycles. The van der Waals surface area contributed by atoms with Crippen molar-refractivity contribution >= 4 is 5.91 Å². The third kappa shape index (κ3) is 4.85. The second-order valence-electron chi connectivity index (χ2n) is 4.11. The van der Waals surface area contributed by atoms with Crippen LogP contribution in [0.4, 0.5) is 0 Å². The Balaban J connectivity index is 4.03. The molecule has 78 valence electrons. The average molecular weight is 188 g/mol. The molecule has 4 N–H and O–H groups in total. The first-order valence-electron chi connectivity index (χ1n) is 4.49. The predicted octanol–water partition coefficient (Wildman–Crippen LogP) is -0.000700. The third-order valence-electron chi connectivity index (χ3n) is 2.17. The lowest BCUT2D eigenvalue weighted by molar-refractivity contribution is -0.118. The summed E-state index contributed by atoms with van der Waals surface area (Å²) in [6.45, 7) is 7.35. The third-order valence-corrected chi connectivity index (χ3v) is 2.17. The molecular formula is C9H20N2O2. The molecule has 0 spiro atoms. The van der Waals surface area contributed by atoms with Gasteiger partial charge in [-0.1, -0.05) is 0 Å². The fourth-order valence-corrected chi connectivity index (χ4v) is 1.11. The van der Waals surface area contributed by atoms with E-state index < -0.39 is 11.6 Å². The van der Waals surface area contributed by atoms with Gasteiger partial charge in [-0.3, -0.25) is 4.79 Å². The molecule has 0 aromatic rings. The fraction of sp³-hybridized carbons (Fsp3) is 0.889. The number of rotatable bonds is 5. The summed E-state index contributed by atoms with van der Waals surface area (Å²) >= 11 is 0. The first kappa shape index (κ1) is 12.4. The standard InChI is InChI=1S/C9H20N2O2/c1-6(5-8(10)13)11-9(3,4)7(2)12/h6-7,11-12H,5H2,1-4H3,(H2,10,13). The van der Waals surface area contributed by atoms with Gasteiger partial charge in [-0.15, -0.1) is 0 Å². The van der Waals surface area contributed by atoms with Crippen LogP contribution in [-0.4, -0.2) is 28.7 Å². The Morgan fingerprint density at radius 1 is 1.54 bits per heavy atom. The lowest BCUT2D eigenvalue weighted by Gasteiger charge is -2.32. The molecule has 1 amide bonds. The van der Waals surface area contributed by atoms with Crippen molar-refractivity contribution < 1.29 is 9.90 Å². The summed E-state index contributed by atoms with van der Waals surface area (Å²) in [6, 6.07) is -0.0119. The molecule has 0 aromatic carbocycles. The van der Waals surface area contributed by atoms with Gasteiger partial charge in [-0.25, -0.2) is 0 Å². The number of carbonyl (C=O) groups is 1. The van der Waals surface area contributed by atoms with Gasteiger partial charge in [0.05, 0.1) is 6.10 Å². The number of hydrogen-bond donors (Lipinski definition) is 3. The summed E-state index contributed by atoms with van der Waals surface area (Å²) in [4.78, 5) is 10.6. The van der Waals surface area contributed by atoms with Crippen molar-refractivity contribution in [2.24, 2.45) is 5.73 Å². The monoisotopic (exact) mass is 188 g/mol. The predicted molar refractivity (Wildman–Crippen MR) is 52.2 cm³/mol. The van der Waals surface area contributed by atoms with Crippen LogP contribution >= 0.6 is 0 Å². The number of aliphatic hydroxyl groups is 1. The zero-order chi connectivity index (χ0) is 10.6. The minimum Gasteiger partial charge on any atom is -0.392 e. The van der Waals surface area contributed by atoms with Gasteiger partial charge in [-0.2, -0.15) is 0 Å². The molecule has 0 aliphatic rings. The van der Waals surface area contributed by atoms with E-state index in [9.17, 15) is 9.90 Å². The zero-order valence-corrected chi connectivity index (χ0v) is 8.79. The van der Waals surface area contributed by atoms with Crippen LogP contribution in [0.5, 0.6) is 0 Å². The lowest BCUT2D eigenvalue weighted by Crippen LogP contribution is -2.52. The van der Waals surface area contributed by atoms with Crippen LogP contribution in [0.25, 0.3) is 0 Å². The van der Waals surface area contributed by atoms with Gasteiger partial charge in [-0.05, 0) is 27.7 Å². The quantitative estimate of drug-likeness (QED) is 0.568. The Morgan fingerprint density at radius 2 is 2.00 bits per heavy atom. The molecule has 0 saturated heterocycles. The largest absolute Gasteiger partial charge is 0.392 e. The van der Waals surface area contributed by atoms with E-state index in [2.05, 4.69) is 5.32 Å². The van der Waals surface area contributed by atoms with Crippen molar-refractivity contribution in [3.05, 3.63) is 0 Å². The summed E-state index contributed by atoms with van der Waals surface area (Å²) in [6.07, 6.45) is -0.182. The van der Waals surface area contributed by atoms with Crippen LogP contribution in [0.3, 0.4) is 0 Å². The molecule has 0 rings (SSSR count). The molecule has 2 atom stereocenters. The molecule has 4 heteroatoms. The number of amides is 1. The Kier molecular flexibility index (Phi) is 4.36. The molecule has 0 heterocycles. The normalized spacial score (nSPS) is 16.7. The molecule has 0 aromatic heterocycles. The highest BCUT2D eigenvalue weighted by molar-refractivity contribution is 5.74. The first-order chi connectivity index (χ1) is 5.75. The van der Waals surface area contributed by atoms with E-state index in [1.54, 1.807) is 6.92 Å². The van der Waals surface area contributed by atoms with Crippen LogP contribution in [0.1, 0.15) is 34.1 Å². The van der Waals surface area contributed by atoms with E-state index in [4.69, 9.17) is 5.73 Å². The van der Waals surface area contributed by atoms with E-state index in [0.717, 1.165) is 0 Å². The van der Waals surface area contributed by atoms with Crippen molar-refractivity contribution in [2.45, 2.75) is 51.8 Å². The molecule has 0 aliphatic heterocycles. The number of nitrogens with one attached hydrogen (secondary N) is 1. The molecule has 0 radical (unpaired) electrons.